The minimum atomic E-state index is -0.985. The molecular formula is C19H27FN4O. The molecule has 25 heavy (non-hydrogen) atoms. The molecule has 0 spiro atoms. The van der Waals surface area contributed by atoms with Crippen molar-refractivity contribution in [1.82, 2.24) is 20.3 Å². The largest absolute Gasteiger partial charge is 0.384 e. The van der Waals surface area contributed by atoms with Crippen molar-refractivity contribution in [1.29, 1.82) is 0 Å². The quantitative estimate of drug-likeness (QED) is 0.872. The summed E-state index contributed by atoms with van der Waals surface area (Å²) in [5.41, 5.74) is 1.36. The number of hydrogen-bond acceptors (Lipinski definition) is 4. The first kappa shape index (κ1) is 18.0. The van der Waals surface area contributed by atoms with Crippen LogP contribution in [0, 0.1) is 12.7 Å². The zero-order chi connectivity index (χ0) is 18.0. The second-order valence-electron chi connectivity index (χ2n) is 7.57. The van der Waals surface area contributed by atoms with Gasteiger partial charge in [0.2, 0.25) is 0 Å². The predicted octanol–water partition coefficient (Wildman–Crippen LogP) is 3.23. The van der Waals surface area contributed by atoms with Gasteiger partial charge >= 0.3 is 0 Å². The zero-order valence-electron chi connectivity index (χ0n) is 15.2. The van der Waals surface area contributed by atoms with Crippen LogP contribution in [0.15, 0.2) is 24.4 Å². The number of halogens is 1. The van der Waals surface area contributed by atoms with Crippen LogP contribution in [-0.4, -0.2) is 26.1 Å². The predicted molar refractivity (Wildman–Crippen MR) is 94.5 cm³/mol. The van der Waals surface area contributed by atoms with Gasteiger partial charge < -0.3 is 10.4 Å². The van der Waals surface area contributed by atoms with Crippen LogP contribution < -0.4 is 5.32 Å². The average molecular weight is 346 g/mol. The van der Waals surface area contributed by atoms with Crippen LogP contribution in [0.2, 0.25) is 0 Å². The lowest BCUT2D eigenvalue weighted by molar-refractivity contribution is 0.0736. The van der Waals surface area contributed by atoms with Crippen molar-refractivity contribution in [3.63, 3.8) is 0 Å². The van der Waals surface area contributed by atoms with E-state index in [0.717, 1.165) is 24.8 Å². The summed E-state index contributed by atoms with van der Waals surface area (Å²) in [6.45, 7) is 5.93. The molecule has 1 aromatic carbocycles. The van der Waals surface area contributed by atoms with Gasteiger partial charge in [-0.3, -0.25) is 0 Å². The molecule has 0 unspecified atom stereocenters. The van der Waals surface area contributed by atoms with Crippen LogP contribution in [0.3, 0.4) is 0 Å². The molecule has 0 bridgehead atoms. The van der Waals surface area contributed by atoms with Crippen molar-refractivity contribution in [2.24, 2.45) is 0 Å². The fourth-order valence-corrected chi connectivity index (χ4v) is 3.45. The fraction of sp³-hybridized carbons (Fsp3) is 0.579. The molecule has 5 nitrogen and oxygen atoms in total. The topological polar surface area (TPSA) is 63.0 Å². The van der Waals surface area contributed by atoms with Gasteiger partial charge in [-0.2, -0.15) is 0 Å². The van der Waals surface area contributed by atoms with E-state index in [1.165, 1.54) is 12.5 Å². The normalized spacial score (nSPS) is 21.5. The Morgan fingerprint density at radius 1 is 1.32 bits per heavy atom. The van der Waals surface area contributed by atoms with Crippen LogP contribution in [-0.2, 0) is 12.1 Å². The van der Waals surface area contributed by atoms with Gasteiger partial charge in [-0.05, 0) is 50.8 Å². The van der Waals surface area contributed by atoms with Crippen LogP contribution in [0.1, 0.15) is 62.4 Å². The van der Waals surface area contributed by atoms with Crippen molar-refractivity contribution in [2.75, 3.05) is 0 Å². The van der Waals surface area contributed by atoms with E-state index in [0.29, 0.717) is 17.8 Å². The van der Waals surface area contributed by atoms with Crippen LogP contribution in [0.4, 0.5) is 4.39 Å². The van der Waals surface area contributed by atoms with Crippen molar-refractivity contribution < 1.29 is 9.50 Å². The third kappa shape index (κ3) is 4.25. The number of aliphatic hydroxyl groups is 1. The average Bonchev–Trinajstić information content (AvgIpc) is 3.06. The lowest BCUT2D eigenvalue weighted by atomic mass is 9.90. The van der Waals surface area contributed by atoms with Crippen LogP contribution >= 0.6 is 0 Å². The lowest BCUT2D eigenvalue weighted by Crippen LogP contribution is -2.39. The van der Waals surface area contributed by atoms with E-state index in [1.54, 1.807) is 20.8 Å². The molecule has 3 rings (SSSR count). The third-order valence-corrected chi connectivity index (χ3v) is 5.00. The first-order valence-corrected chi connectivity index (χ1v) is 8.97. The first-order valence-electron chi connectivity index (χ1n) is 8.97. The summed E-state index contributed by atoms with van der Waals surface area (Å²) in [6.07, 6.45) is 6.31. The van der Waals surface area contributed by atoms with E-state index in [9.17, 15) is 9.50 Å². The van der Waals surface area contributed by atoms with Crippen molar-refractivity contribution in [3.05, 3.63) is 47.0 Å². The molecule has 1 saturated carbocycles. The fourth-order valence-electron chi connectivity index (χ4n) is 3.45. The number of benzene rings is 1. The summed E-state index contributed by atoms with van der Waals surface area (Å²) in [4.78, 5) is 0. The maximum atomic E-state index is 13.4. The summed E-state index contributed by atoms with van der Waals surface area (Å²) in [5, 5.41) is 22.1. The molecule has 2 atom stereocenters. The van der Waals surface area contributed by atoms with Gasteiger partial charge in [0, 0.05) is 12.6 Å². The Hall–Kier alpha value is -1.79. The Labute approximate surface area is 148 Å². The number of nitrogens with zero attached hydrogens (tertiary/aromatic N) is 3. The van der Waals surface area contributed by atoms with E-state index in [2.05, 4.69) is 15.6 Å². The molecule has 6 heteroatoms. The lowest BCUT2D eigenvalue weighted by Gasteiger charge is -2.32. The maximum absolute atomic E-state index is 13.4. The van der Waals surface area contributed by atoms with E-state index < -0.39 is 5.60 Å². The number of aromatic nitrogens is 3. The Bertz CT molecular complexity index is 722. The minimum absolute atomic E-state index is 0.166. The van der Waals surface area contributed by atoms with Crippen molar-refractivity contribution >= 4 is 0 Å². The third-order valence-electron chi connectivity index (χ3n) is 5.00. The monoisotopic (exact) mass is 346 g/mol. The SMILES string of the molecule is Cc1cc(CN[C@H]2CCCC[C@H]2n2cc(C(C)(C)O)nn2)ccc1F. The number of nitrogens with one attached hydrogen (secondary N) is 1. The number of rotatable bonds is 5. The molecular weight excluding hydrogens is 319 g/mol. The van der Waals surface area contributed by atoms with E-state index in [1.807, 2.05) is 23.0 Å². The molecule has 136 valence electrons. The van der Waals surface area contributed by atoms with E-state index in [4.69, 9.17) is 0 Å². The number of aryl methyl sites for hydroxylation is 1. The van der Waals surface area contributed by atoms with Gasteiger partial charge in [-0.25, -0.2) is 9.07 Å². The molecule has 1 aliphatic rings. The van der Waals surface area contributed by atoms with Gasteiger partial charge in [0.05, 0.1) is 12.2 Å². The molecule has 2 aromatic rings. The molecule has 0 amide bonds. The van der Waals surface area contributed by atoms with Gasteiger partial charge in [-0.15, -0.1) is 5.10 Å². The second-order valence-corrected chi connectivity index (χ2v) is 7.57. The molecule has 2 N–H and O–H groups in total. The highest BCUT2D eigenvalue weighted by Crippen LogP contribution is 2.29. The van der Waals surface area contributed by atoms with Crippen molar-refractivity contribution in [3.8, 4) is 0 Å². The Morgan fingerprint density at radius 2 is 2.08 bits per heavy atom. The molecule has 0 radical (unpaired) electrons. The smallest absolute Gasteiger partial charge is 0.126 e. The highest BCUT2D eigenvalue weighted by atomic mass is 19.1. The summed E-state index contributed by atoms with van der Waals surface area (Å²) < 4.78 is 15.3. The van der Waals surface area contributed by atoms with E-state index >= 15 is 0 Å². The highest BCUT2D eigenvalue weighted by molar-refractivity contribution is 5.23. The van der Waals surface area contributed by atoms with Gasteiger partial charge in [0.25, 0.3) is 0 Å². The van der Waals surface area contributed by atoms with Gasteiger partial charge in [0.1, 0.15) is 17.1 Å². The number of hydrogen-bond donors (Lipinski definition) is 2. The van der Waals surface area contributed by atoms with Crippen molar-refractivity contribution in [2.45, 2.75) is 70.7 Å². The van der Waals surface area contributed by atoms with Gasteiger partial charge in [0.15, 0.2) is 0 Å². The Morgan fingerprint density at radius 3 is 2.76 bits per heavy atom. The van der Waals surface area contributed by atoms with Crippen LogP contribution in [0.25, 0.3) is 0 Å². The standard InChI is InChI=1S/C19H27FN4O/c1-13-10-14(8-9-15(13)20)11-21-16-6-4-5-7-17(16)24-12-18(22-23-24)19(2,3)25/h8-10,12,16-17,21,25H,4-7,11H2,1-3H3/t16-,17+/m0/s1. The Balaban J connectivity index is 1.70. The molecule has 1 heterocycles. The van der Waals surface area contributed by atoms with Crippen LogP contribution in [0.5, 0.6) is 0 Å². The maximum Gasteiger partial charge on any atom is 0.126 e. The summed E-state index contributed by atoms with van der Waals surface area (Å²) in [5.74, 6) is -0.166. The summed E-state index contributed by atoms with van der Waals surface area (Å²) in [7, 11) is 0. The molecule has 1 aromatic heterocycles. The molecule has 0 saturated heterocycles. The minimum Gasteiger partial charge on any atom is -0.384 e. The molecule has 1 fully saturated rings. The molecule has 1 aliphatic carbocycles. The zero-order valence-corrected chi connectivity index (χ0v) is 15.2. The second kappa shape index (κ2) is 7.22. The highest BCUT2D eigenvalue weighted by Gasteiger charge is 2.29. The Kier molecular flexibility index (Phi) is 5.20. The molecule has 0 aliphatic heterocycles. The first-order chi connectivity index (χ1) is 11.8. The van der Waals surface area contributed by atoms with Gasteiger partial charge in [-0.1, -0.05) is 30.2 Å². The summed E-state index contributed by atoms with van der Waals surface area (Å²) in [6, 6.07) is 5.75. The summed E-state index contributed by atoms with van der Waals surface area (Å²) >= 11 is 0. The van der Waals surface area contributed by atoms with E-state index in [-0.39, 0.29) is 17.9 Å².